The lowest BCUT2D eigenvalue weighted by Gasteiger charge is -2.26. The van der Waals surface area contributed by atoms with Gasteiger partial charge in [-0.1, -0.05) is 0 Å². The fourth-order valence-corrected chi connectivity index (χ4v) is 1.68. The molecule has 0 bridgehead atoms. The van der Waals surface area contributed by atoms with Crippen molar-refractivity contribution in [2.24, 2.45) is 11.2 Å². The third-order valence-corrected chi connectivity index (χ3v) is 2.69. The van der Waals surface area contributed by atoms with Crippen LogP contribution in [0.3, 0.4) is 0 Å². The van der Waals surface area contributed by atoms with E-state index < -0.39 is 24.3 Å². The van der Waals surface area contributed by atoms with E-state index in [1.165, 1.54) is 11.9 Å². The first-order valence-corrected chi connectivity index (χ1v) is 6.00. The number of carbonyl (C=O) groups excluding carboxylic acids is 1. The van der Waals surface area contributed by atoms with E-state index in [4.69, 9.17) is 5.11 Å². The van der Waals surface area contributed by atoms with Crippen molar-refractivity contribution >= 4 is 12.1 Å². The van der Waals surface area contributed by atoms with Gasteiger partial charge >= 0.3 is 12.1 Å². The Balaban J connectivity index is 2.47. The Morgan fingerprint density at radius 1 is 1.55 bits per heavy atom. The van der Waals surface area contributed by atoms with Crippen LogP contribution in [0, 0.1) is 11.1 Å². The summed E-state index contributed by atoms with van der Waals surface area (Å²) in [5.41, 5.74) is 0. The van der Waals surface area contributed by atoms with Crippen LogP contribution in [-0.2, 0) is 19.1 Å². The van der Waals surface area contributed by atoms with Crippen LogP contribution < -0.4 is 0 Å². The molecule has 0 amide bonds. The number of carbonyl (C=O) groups is 2. The van der Waals surface area contributed by atoms with Crippen LogP contribution in [-0.4, -0.2) is 53.7 Å². The van der Waals surface area contributed by atoms with Crippen molar-refractivity contribution in [2.75, 3.05) is 20.2 Å². The molecule has 2 atom stereocenters. The number of carboxylic acids is 1. The highest BCUT2D eigenvalue weighted by atomic mass is 16.8. The number of piperidine rings is 1. The lowest BCUT2D eigenvalue weighted by atomic mass is 10.00. The summed E-state index contributed by atoms with van der Waals surface area (Å²) in [4.78, 5) is 26.4. The molecule has 10 nitrogen and oxygen atoms in total. The Morgan fingerprint density at radius 2 is 2.25 bits per heavy atom. The lowest BCUT2D eigenvalue weighted by molar-refractivity contribution is -0.715. The molecule has 20 heavy (non-hydrogen) atoms. The van der Waals surface area contributed by atoms with Gasteiger partial charge in [0.15, 0.2) is 0 Å². The number of rotatable bonds is 5. The van der Waals surface area contributed by atoms with E-state index >= 15 is 0 Å². The third kappa shape index (κ3) is 4.78. The molecule has 0 aromatic heterocycles. The number of hydrazine groups is 1. The average molecular weight is 291 g/mol. The summed E-state index contributed by atoms with van der Waals surface area (Å²) < 4.78 is 8.78. The van der Waals surface area contributed by atoms with Crippen LogP contribution in [0.2, 0.25) is 0 Å². The Bertz CT molecular complexity index is 387. The molecule has 1 heterocycles. The summed E-state index contributed by atoms with van der Waals surface area (Å²) in [7, 11) is 1.13. The molecular weight excluding hydrogens is 274 g/mol. The summed E-state index contributed by atoms with van der Waals surface area (Å²) in [6, 6.07) is 0. The van der Waals surface area contributed by atoms with Crippen molar-refractivity contribution in [3.63, 3.8) is 0 Å². The van der Waals surface area contributed by atoms with Gasteiger partial charge in [0.25, 0.3) is 6.29 Å². The quantitative estimate of drug-likeness (QED) is 0.258. The minimum Gasteiger partial charge on any atom is -0.569 e. The second-order valence-electron chi connectivity index (χ2n) is 4.17. The van der Waals surface area contributed by atoms with Gasteiger partial charge in [-0.25, -0.2) is 4.79 Å². The van der Waals surface area contributed by atoms with Gasteiger partial charge in [-0.3, -0.25) is 9.63 Å². The minimum atomic E-state index is -1.10. The highest BCUT2D eigenvalue weighted by molar-refractivity contribution is 5.70. The molecule has 10 heteroatoms. The molecule has 0 spiro atoms. The molecule has 1 aliphatic heterocycles. The predicted octanol–water partition coefficient (Wildman–Crippen LogP) is 0.721. The van der Waals surface area contributed by atoms with Gasteiger partial charge in [0.2, 0.25) is 5.28 Å². The van der Waals surface area contributed by atoms with Crippen LogP contribution in [0.15, 0.2) is 5.28 Å². The van der Waals surface area contributed by atoms with E-state index in [9.17, 15) is 14.8 Å². The number of hydrogen-bond donors (Lipinski definition) is 1. The maximum atomic E-state index is 11.6. The smallest absolute Gasteiger partial charge is 0.511 e. The van der Waals surface area contributed by atoms with Gasteiger partial charge in [-0.05, 0) is 12.8 Å². The third-order valence-electron chi connectivity index (χ3n) is 2.69. The van der Waals surface area contributed by atoms with Crippen molar-refractivity contribution in [3.05, 3.63) is 5.21 Å². The van der Waals surface area contributed by atoms with Crippen molar-refractivity contribution in [2.45, 2.75) is 26.1 Å². The molecule has 0 aromatic rings. The molecule has 0 saturated carbocycles. The first kappa shape index (κ1) is 15.8. The van der Waals surface area contributed by atoms with Crippen LogP contribution in [0.5, 0.6) is 0 Å². The number of aliphatic carboxylic acids is 1. The van der Waals surface area contributed by atoms with Gasteiger partial charge in [-0.2, -0.15) is 0 Å². The molecule has 1 rings (SSSR count). The Morgan fingerprint density at radius 3 is 2.85 bits per heavy atom. The normalized spacial score (nSPS) is 21.0. The zero-order chi connectivity index (χ0) is 15.1. The van der Waals surface area contributed by atoms with E-state index in [0.717, 1.165) is 7.11 Å². The zero-order valence-electron chi connectivity index (χ0n) is 11.2. The highest BCUT2D eigenvalue weighted by Crippen LogP contribution is 2.16. The fourth-order valence-electron chi connectivity index (χ4n) is 1.68. The summed E-state index contributed by atoms with van der Waals surface area (Å²) >= 11 is 0. The first-order valence-electron chi connectivity index (χ1n) is 6.00. The molecule has 1 fully saturated rings. The van der Waals surface area contributed by atoms with Gasteiger partial charge < -0.3 is 19.8 Å². The molecule has 1 aliphatic rings. The van der Waals surface area contributed by atoms with E-state index in [1.807, 2.05) is 0 Å². The van der Waals surface area contributed by atoms with Crippen molar-refractivity contribution in [1.82, 2.24) is 5.01 Å². The Labute approximate surface area is 115 Å². The topological polar surface area (TPSA) is 124 Å². The molecule has 114 valence electrons. The Hall–Kier alpha value is -2.26. The van der Waals surface area contributed by atoms with Crippen LogP contribution in [0.25, 0.3) is 0 Å². The molecule has 0 aromatic carbocycles. The first-order chi connectivity index (χ1) is 9.43. The van der Waals surface area contributed by atoms with Crippen molar-refractivity contribution in [1.29, 1.82) is 0 Å². The largest absolute Gasteiger partial charge is 0.569 e. The second-order valence-corrected chi connectivity index (χ2v) is 4.17. The number of hydrogen-bond acceptors (Lipinski definition) is 7. The van der Waals surface area contributed by atoms with E-state index in [0.29, 0.717) is 19.4 Å². The Kier molecular flexibility index (Phi) is 5.81. The average Bonchev–Trinajstić information content (AvgIpc) is 2.44. The summed E-state index contributed by atoms with van der Waals surface area (Å²) in [6.07, 6.45) is -0.977. The number of methoxy groups -OCH3 is 1. The maximum absolute atomic E-state index is 11.6. The van der Waals surface area contributed by atoms with Crippen LogP contribution in [0.4, 0.5) is 4.79 Å². The van der Waals surface area contributed by atoms with Gasteiger partial charge in [0.05, 0.1) is 31.1 Å². The molecule has 0 radical (unpaired) electrons. The molecule has 1 saturated heterocycles. The van der Waals surface area contributed by atoms with Crippen molar-refractivity contribution in [3.8, 4) is 0 Å². The van der Waals surface area contributed by atoms with Gasteiger partial charge in [0, 0.05) is 6.92 Å². The molecule has 0 aliphatic carbocycles. The second kappa shape index (κ2) is 7.36. The van der Waals surface area contributed by atoms with E-state index in [2.05, 4.69) is 19.6 Å². The van der Waals surface area contributed by atoms with Crippen molar-refractivity contribution < 1.29 is 34.0 Å². The SMILES string of the molecule is COC(=O)OC(C)O/N=[N+](\[O-])N1CCCC(C(=O)O)C1. The highest BCUT2D eigenvalue weighted by Gasteiger charge is 2.29. The minimum absolute atomic E-state index is 0.0535. The number of nitrogens with zero attached hydrogens (tertiary/aromatic N) is 3. The summed E-state index contributed by atoms with van der Waals surface area (Å²) in [5.74, 6) is -1.56. The molecule has 1 N–H and O–H groups in total. The number of ether oxygens (including phenoxy) is 2. The fraction of sp³-hybridized carbons (Fsp3) is 0.800. The zero-order valence-corrected chi connectivity index (χ0v) is 11.2. The lowest BCUT2D eigenvalue weighted by Crippen LogP contribution is -2.42. The van der Waals surface area contributed by atoms with E-state index in [1.54, 1.807) is 0 Å². The van der Waals surface area contributed by atoms with Gasteiger partial charge in [0.1, 0.15) is 0 Å². The van der Waals surface area contributed by atoms with Crippen LogP contribution >= 0.6 is 0 Å². The monoisotopic (exact) mass is 291 g/mol. The summed E-state index contributed by atoms with van der Waals surface area (Å²) in [5, 5.41) is 24.9. The predicted molar refractivity (Wildman–Crippen MR) is 62.0 cm³/mol. The standard InChI is InChI=1S/C10H17N3O7/c1-7(19-10(16)18-2)20-11-13(17)12-5-3-4-8(6-12)9(14)15/h7-8H,3-6H2,1-2H3,(H,14,15)/b13-11-. The van der Waals surface area contributed by atoms with Crippen LogP contribution in [0.1, 0.15) is 19.8 Å². The summed E-state index contributed by atoms with van der Waals surface area (Å²) in [6.45, 7) is 1.79. The maximum Gasteiger partial charge on any atom is 0.511 e. The van der Waals surface area contributed by atoms with E-state index in [-0.39, 0.29) is 11.5 Å². The molecule has 2 unspecified atom stereocenters. The van der Waals surface area contributed by atoms with Gasteiger partial charge in [-0.15, -0.1) is 5.01 Å². The number of carboxylic acid groups (broad SMARTS) is 1. The molecular formula is C10H17N3O7.